The van der Waals surface area contributed by atoms with Crippen molar-refractivity contribution in [1.82, 2.24) is 4.98 Å². The molecular formula is C12H13NO6. The van der Waals surface area contributed by atoms with Crippen molar-refractivity contribution in [2.45, 2.75) is 27.1 Å². The molecule has 1 aromatic heterocycles. The highest BCUT2D eigenvalue weighted by Crippen LogP contribution is 2.19. The van der Waals surface area contributed by atoms with Gasteiger partial charge >= 0.3 is 17.9 Å². The third-order valence-electron chi connectivity index (χ3n) is 1.81. The van der Waals surface area contributed by atoms with E-state index in [0.29, 0.717) is 0 Å². The SMILES string of the molecule is CC(=O)Oc1ccc(C(OC(C)=O)OC(C)=O)nc1. The van der Waals surface area contributed by atoms with Crippen molar-refractivity contribution < 1.29 is 28.6 Å². The molecule has 0 spiro atoms. The third kappa shape index (κ3) is 5.15. The second-order valence-electron chi connectivity index (χ2n) is 3.56. The fraction of sp³-hybridized carbons (Fsp3) is 0.333. The van der Waals surface area contributed by atoms with E-state index in [1.807, 2.05) is 0 Å². The van der Waals surface area contributed by atoms with Crippen LogP contribution in [0.15, 0.2) is 18.3 Å². The van der Waals surface area contributed by atoms with Gasteiger partial charge in [-0.1, -0.05) is 0 Å². The third-order valence-corrected chi connectivity index (χ3v) is 1.81. The van der Waals surface area contributed by atoms with Crippen molar-refractivity contribution in [3.8, 4) is 5.75 Å². The van der Waals surface area contributed by atoms with Crippen LogP contribution in [0.2, 0.25) is 0 Å². The molecule has 19 heavy (non-hydrogen) atoms. The van der Waals surface area contributed by atoms with Crippen molar-refractivity contribution in [1.29, 1.82) is 0 Å². The second-order valence-corrected chi connectivity index (χ2v) is 3.56. The first kappa shape index (κ1) is 14.6. The van der Waals surface area contributed by atoms with E-state index in [1.165, 1.54) is 39.1 Å². The van der Waals surface area contributed by atoms with Crippen molar-refractivity contribution in [3.05, 3.63) is 24.0 Å². The van der Waals surface area contributed by atoms with E-state index in [-0.39, 0.29) is 11.4 Å². The van der Waals surface area contributed by atoms with Crippen LogP contribution in [0.4, 0.5) is 0 Å². The standard InChI is InChI=1S/C12H13NO6/c1-7(14)17-10-4-5-11(13-6-10)12(18-8(2)15)19-9(3)16/h4-6,12H,1-3H3. The summed E-state index contributed by atoms with van der Waals surface area (Å²) in [5.74, 6) is -1.47. The minimum absolute atomic E-state index is 0.210. The minimum Gasteiger partial charge on any atom is -0.425 e. The van der Waals surface area contributed by atoms with Crippen LogP contribution in [0.5, 0.6) is 5.75 Å². The van der Waals surface area contributed by atoms with Crippen LogP contribution in [0.1, 0.15) is 32.8 Å². The smallest absolute Gasteiger partial charge is 0.308 e. The van der Waals surface area contributed by atoms with Crippen LogP contribution >= 0.6 is 0 Å². The molecule has 0 aliphatic rings. The molecule has 0 bridgehead atoms. The second kappa shape index (κ2) is 6.48. The Morgan fingerprint density at radius 3 is 1.95 bits per heavy atom. The lowest BCUT2D eigenvalue weighted by molar-refractivity contribution is -0.187. The highest BCUT2D eigenvalue weighted by Gasteiger charge is 2.19. The van der Waals surface area contributed by atoms with Gasteiger partial charge in [-0.15, -0.1) is 0 Å². The quantitative estimate of drug-likeness (QED) is 0.596. The van der Waals surface area contributed by atoms with Crippen LogP contribution in [0.25, 0.3) is 0 Å². The topological polar surface area (TPSA) is 91.8 Å². The highest BCUT2D eigenvalue weighted by atomic mass is 16.7. The summed E-state index contributed by atoms with van der Waals surface area (Å²) in [6.07, 6.45) is 0.0397. The lowest BCUT2D eigenvalue weighted by Gasteiger charge is -2.15. The molecule has 0 radical (unpaired) electrons. The Kier molecular flexibility index (Phi) is 4.99. The first-order chi connectivity index (χ1) is 8.88. The summed E-state index contributed by atoms with van der Waals surface area (Å²) >= 11 is 0. The minimum atomic E-state index is -1.22. The summed E-state index contributed by atoms with van der Waals surface area (Å²) in [6, 6.07) is 2.87. The molecule has 0 aliphatic carbocycles. The maximum atomic E-state index is 10.9. The zero-order valence-corrected chi connectivity index (χ0v) is 10.7. The van der Waals surface area contributed by atoms with Gasteiger partial charge in [0.15, 0.2) is 0 Å². The molecule has 1 aromatic rings. The Morgan fingerprint density at radius 2 is 1.58 bits per heavy atom. The number of rotatable bonds is 4. The maximum absolute atomic E-state index is 10.9. The van der Waals surface area contributed by atoms with Gasteiger partial charge in [-0.25, -0.2) is 4.98 Å². The van der Waals surface area contributed by atoms with Crippen LogP contribution in [-0.2, 0) is 23.9 Å². The Bertz CT molecular complexity index is 465. The van der Waals surface area contributed by atoms with E-state index in [4.69, 9.17) is 14.2 Å². The predicted octanol–water partition coefficient (Wildman–Crippen LogP) is 1.13. The van der Waals surface area contributed by atoms with Crippen LogP contribution in [0, 0.1) is 0 Å². The Balaban J connectivity index is 2.86. The van der Waals surface area contributed by atoms with E-state index in [2.05, 4.69) is 4.98 Å². The van der Waals surface area contributed by atoms with Gasteiger partial charge in [-0.2, -0.15) is 0 Å². The highest BCUT2D eigenvalue weighted by molar-refractivity contribution is 5.69. The number of esters is 3. The lowest BCUT2D eigenvalue weighted by atomic mass is 10.3. The molecule has 1 rings (SSSR count). The first-order valence-electron chi connectivity index (χ1n) is 5.37. The number of carbonyl (C=O) groups excluding carboxylic acids is 3. The number of pyridine rings is 1. The van der Waals surface area contributed by atoms with Gasteiger partial charge < -0.3 is 14.2 Å². The molecule has 7 heteroatoms. The predicted molar refractivity (Wildman–Crippen MR) is 61.8 cm³/mol. The molecule has 0 aliphatic heterocycles. The molecule has 0 saturated carbocycles. The zero-order valence-electron chi connectivity index (χ0n) is 10.7. The average molecular weight is 267 g/mol. The molecule has 0 fully saturated rings. The lowest BCUT2D eigenvalue weighted by Crippen LogP contribution is -2.16. The van der Waals surface area contributed by atoms with Gasteiger partial charge in [0.2, 0.25) is 0 Å². The number of hydrogen-bond donors (Lipinski definition) is 0. The van der Waals surface area contributed by atoms with E-state index in [1.54, 1.807) is 0 Å². The largest absolute Gasteiger partial charge is 0.425 e. The molecule has 0 amide bonds. The fourth-order valence-corrected chi connectivity index (χ4v) is 1.20. The number of carbonyl (C=O) groups is 3. The van der Waals surface area contributed by atoms with Crippen molar-refractivity contribution >= 4 is 17.9 Å². The van der Waals surface area contributed by atoms with E-state index >= 15 is 0 Å². The summed E-state index contributed by atoms with van der Waals surface area (Å²) in [6.45, 7) is 3.63. The molecule has 7 nitrogen and oxygen atoms in total. The normalized spacial score (nSPS) is 9.89. The van der Waals surface area contributed by atoms with Crippen molar-refractivity contribution in [2.75, 3.05) is 0 Å². The number of nitrogens with zero attached hydrogens (tertiary/aromatic N) is 1. The Morgan fingerprint density at radius 1 is 1.00 bits per heavy atom. The van der Waals surface area contributed by atoms with Gasteiger partial charge in [0.05, 0.1) is 6.20 Å². The fourth-order valence-electron chi connectivity index (χ4n) is 1.20. The molecule has 0 N–H and O–H groups in total. The number of hydrogen-bond acceptors (Lipinski definition) is 7. The summed E-state index contributed by atoms with van der Waals surface area (Å²) in [4.78, 5) is 36.5. The summed E-state index contributed by atoms with van der Waals surface area (Å²) < 4.78 is 14.4. The molecule has 0 saturated heterocycles. The number of aromatic nitrogens is 1. The number of ether oxygens (including phenoxy) is 3. The molecule has 0 unspecified atom stereocenters. The van der Waals surface area contributed by atoms with Gasteiger partial charge in [0, 0.05) is 20.8 Å². The van der Waals surface area contributed by atoms with Crippen molar-refractivity contribution in [3.63, 3.8) is 0 Å². The molecule has 0 aromatic carbocycles. The van der Waals surface area contributed by atoms with Gasteiger partial charge in [0.25, 0.3) is 6.29 Å². The average Bonchev–Trinajstić information content (AvgIpc) is 2.27. The monoisotopic (exact) mass is 267 g/mol. The van der Waals surface area contributed by atoms with E-state index in [9.17, 15) is 14.4 Å². The first-order valence-corrected chi connectivity index (χ1v) is 5.37. The molecule has 0 atom stereocenters. The van der Waals surface area contributed by atoms with E-state index in [0.717, 1.165) is 0 Å². The van der Waals surface area contributed by atoms with Gasteiger partial charge in [0.1, 0.15) is 11.4 Å². The van der Waals surface area contributed by atoms with Gasteiger partial charge in [-0.3, -0.25) is 14.4 Å². The van der Waals surface area contributed by atoms with Crippen LogP contribution in [0.3, 0.4) is 0 Å². The summed E-state index contributed by atoms with van der Waals surface area (Å²) in [7, 11) is 0. The summed E-state index contributed by atoms with van der Waals surface area (Å²) in [5.41, 5.74) is 0.210. The van der Waals surface area contributed by atoms with Gasteiger partial charge in [-0.05, 0) is 12.1 Å². The summed E-state index contributed by atoms with van der Waals surface area (Å²) in [5, 5.41) is 0. The van der Waals surface area contributed by atoms with E-state index < -0.39 is 24.2 Å². The molecular weight excluding hydrogens is 254 g/mol. The molecule has 1 heterocycles. The Hall–Kier alpha value is -2.44. The molecule has 102 valence electrons. The van der Waals surface area contributed by atoms with Crippen molar-refractivity contribution in [2.24, 2.45) is 0 Å². The van der Waals surface area contributed by atoms with Crippen LogP contribution in [-0.4, -0.2) is 22.9 Å². The van der Waals surface area contributed by atoms with Crippen LogP contribution < -0.4 is 4.74 Å². The Labute approximate surface area is 109 Å². The maximum Gasteiger partial charge on any atom is 0.308 e. The zero-order chi connectivity index (χ0) is 14.4.